The minimum absolute atomic E-state index is 0. The van der Waals surface area contributed by atoms with E-state index in [4.69, 9.17) is 0 Å². The zero-order valence-electron chi connectivity index (χ0n) is 13.1. The van der Waals surface area contributed by atoms with Gasteiger partial charge in [-0.15, -0.1) is 0 Å². The maximum atomic E-state index is 2.27. The predicted molar refractivity (Wildman–Crippen MR) is 86.8 cm³/mol. The van der Waals surface area contributed by atoms with E-state index in [1.54, 1.807) is 0 Å². The van der Waals surface area contributed by atoms with Gasteiger partial charge in [-0.2, -0.15) is 4.57 Å². The molecule has 0 unspecified atom stereocenters. The van der Waals surface area contributed by atoms with Crippen LogP contribution in [0.25, 0.3) is 0 Å². The number of aromatic nitrogens is 1. The number of hydrogen-bond donors (Lipinski definition) is 0. The molecule has 4 heteroatoms. The van der Waals surface area contributed by atoms with Crippen molar-refractivity contribution in [3.05, 3.63) is 24.5 Å². The first-order chi connectivity index (χ1) is 9.24. The summed E-state index contributed by atoms with van der Waals surface area (Å²) in [5.74, 6) is 2.36. The minimum atomic E-state index is 0. The second-order valence-electron chi connectivity index (χ2n) is 5.27. The molecule has 2 nitrogen and oxygen atoms in total. The van der Waals surface area contributed by atoms with Gasteiger partial charge in [-0.3, -0.25) is 0 Å². The molecule has 0 saturated carbocycles. The van der Waals surface area contributed by atoms with E-state index in [0.717, 1.165) is 5.88 Å². The third kappa shape index (κ3) is 8.70. The highest BCUT2D eigenvalue weighted by Crippen LogP contribution is 2.10. The van der Waals surface area contributed by atoms with Crippen molar-refractivity contribution >= 4 is 17.4 Å². The SMILES string of the molecule is CCCCCCCCSC[n+]1ccc(N(C)C)cc1.[Cl-]. The quantitative estimate of drug-likeness (QED) is 0.471. The monoisotopic (exact) mass is 316 g/mol. The lowest BCUT2D eigenvalue weighted by Gasteiger charge is -2.10. The molecule has 0 spiro atoms. The van der Waals surface area contributed by atoms with Crippen LogP contribution in [0.15, 0.2) is 24.5 Å². The Kier molecular flexibility index (Phi) is 12.1. The van der Waals surface area contributed by atoms with Crippen LogP contribution in [-0.2, 0) is 5.88 Å². The highest BCUT2D eigenvalue weighted by molar-refractivity contribution is 7.98. The van der Waals surface area contributed by atoms with Gasteiger partial charge in [-0.25, -0.2) is 0 Å². The number of anilines is 1. The van der Waals surface area contributed by atoms with Gasteiger partial charge in [0.15, 0.2) is 18.3 Å². The normalized spacial score (nSPS) is 10.2. The van der Waals surface area contributed by atoms with E-state index in [2.05, 4.69) is 55.0 Å². The summed E-state index contributed by atoms with van der Waals surface area (Å²) < 4.78 is 2.26. The van der Waals surface area contributed by atoms with Crippen LogP contribution in [0.1, 0.15) is 45.4 Å². The van der Waals surface area contributed by atoms with Crippen LogP contribution in [0.4, 0.5) is 5.69 Å². The Balaban J connectivity index is 0.00000361. The Morgan fingerprint density at radius 3 is 2.20 bits per heavy atom. The number of hydrogen-bond acceptors (Lipinski definition) is 2. The van der Waals surface area contributed by atoms with Gasteiger partial charge in [0.05, 0.1) is 0 Å². The average Bonchev–Trinajstić information content (AvgIpc) is 2.42. The van der Waals surface area contributed by atoms with E-state index in [9.17, 15) is 0 Å². The summed E-state index contributed by atoms with van der Waals surface area (Å²) in [6.07, 6.45) is 12.7. The van der Waals surface area contributed by atoms with Crippen molar-refractivity contribution in [2.45, 2.75) is 51.3 Å². The number of unbranched alkanes of at least 4 members (excludes halogenated alkanes) is 5. The molecule has 20 heavy (non-hydrogen) atoms. The lowest BCUT2D eigenvalue weighted by atomic mass is 10.1. The van der Waals surface area contributed by atoms with Crippen molar-refractivity contribution in [3.8, 4) is 0 Å². The van der Waals surface area contributed by atoms with E-state index < -0.39 is 0 Å². The van der Waals surface area contributed by atoms with Crippen LogP contribution < -0.4 is 21.9 Å². The molecule has 1 heterocycles. The number of rotatable bonds is 10. The number of halogens is 1. The molecule has 0 atom stereocenters. The number of nitrogens with zero attached hydrogens (tertiary/aromatic N) is 2. The first kappa shape index (κ1) is 19.6. The Bertz CT molecular complexity index is 328. The van der Waals surface area contributed by atoms with Crippen LogP contribution >= 0.6 is 11.8 Å². The molecule has 0 fully saturated rings. The highest BCUT2D eigenvalue weighted by atomic mass is 35.5. The number of pyridine rings is 1. The number of thioether (sulfide) groups is 1. The second kappa shape index (κ2) is 12.3. The molecular formula is C16H29ClN2S. The highest BCUT2D eigenvalue weighted by Gasteiger charge is 2.02. The minimum Gasteiger partial charge on any atom is -1.00 e. The smallest absolute Gasteiger partial charge is 0.194 e. The summed E-state index contributed by atoms with van der Waals surface area (Å²) in [7, 11) is 4.15. The molecule has 1 rings (SSSR count). The van der Waals surface area contributed by atoms with Crippen molar-refractivity contribution in [1.29, 1.82) is 0 Å². The molecule has 0 amide bonds. The van der Waals surface area contributed by atoms with Crippen LogP contribution in [-0.4, -0.2) is 19.8 Å². The van der Waals surface area contributed by atoms with Crippen LogP contribution in [0.2, 0.25) is 0 Å². The zero-order chi connectivity index (χ0) is 13.9. The fourth-order valence-corrected chi connectivity index (χ4v) is 2.91. The third-order valence-corrected chi connectivity index (χ3v) is 4.33. The molecule has 0 aromatic carbocycles. The Hall–Kier alpha value is -0.410. The van der Waals surface area contributed by atoms with Crippen LogP contribution in [0, 0.1) is 0 Å². The third-order valence-electron chi connectivity index (χ3n) is 3.27. The standard InChI is InChI=1S/C16H29N2S.ClH/c1-4-5-6-7-8-9-14-19-15-18-12-10-16(11-13-18)17(2)3;/h10-13H,4-9,14-15H2,1-3H3;1H/q+1;/p-1. The zero-order valence-corrected chi connectivity index (χ0v) is 14.7. The summed E-state index contributed by atoms with van der Waals surface area (Å²) >= 11 is 2.03. The summed E-state index contributed by atoms with van der Waals surface area (Å²) in [5.41, 5.74) is 1.26. The van der Waals surface area contributed by atoms with Gasteiger partial charge < -0.3 is 17.3 Å². The molecule has 116 valence electrons. The molecule has 0 bridgehead atoms. The topological polar surface area (TPSA) is 7.12 Å². The van der Waals surface area contributed by atoms with E-state index in [0.29, 0.717) is 0 Å². The second-order valence-corrected chi connectivity index (χ2v) is 6.34. The summed E-state index contributed by atoms with van der Waals surface area (Å²) in [6.45, 7) is 2.27. The van der Waals surface area contributed by atoms with Gasteiger partial charge in [0.2, 0.25) is 0 Å². The van der Waals surface area contributed by atoms with E-state index in [1.165, 1.54) is 50.0 Å². The van der Waals surface area contributed by atoms with Gasteiger partial charge in [0, 0.05) is 31.9 Å². The molecule has 0 saturated heterocycles. The molecule has 0 aliphatic heterocycles. The maximum Gasteiger partial charge on any atom is 0.194 e. The van der Waals surface area contributed by atoms with Crippen molar-refractivity contribution in [1.82, 2.24) is 0 Å². The van der Waals surface area contributed by atoms with Crippen LogP contribution in [0.3, 0.4) is 0 Å². The maximum absolute atomic E-state index is 2.27. The molecular weight excluding hydrogens is 288 g/mol. The van der Waals surface area contributed by atoms with E-state index in [-0.39, 0.29) is 12.4 Å². The molecule has 0 aliphatic carbocycles. The molecule has 0 radical (unpaired) electrons. The summed E-state index contributed by atoms with van der Waals surface area (Å²) in [4.78, 5) is 2.13. The molecule has 1 aromatic rings. The Labute approximate surface area is 135 Å². The van der Waals surface area contributed by atoms with E-state index >= 15 is 0 Å². The summed E-state index contributed by atoms with van der Waals surface area (Å²) in [6, 6.07) is 4.34. The lowest BCUT2D eigenvalue weighted by molar-refractivity contribution is -0.675. The first-order valence-corrected chi connectivity index (χ1v) is 8.63. The molecule has 0 aliphatic rings. The van der Waals surface area contributed by atoms with Crippen molar-refractivity contribution in [2.75, 3.05) is 24.7 Å². The van der Waals surface area contributed by atoms with E-state index in [1.807, 2.05) is 11.8 Å². The van der Waals surface area contributed by atoms with Gasteiger partial charge in [-0.1, -0.05) is 50.8 Å². The fraction of sp³-hybridized carbons (Fsp3) is 0.688. The average molecular weight is 317 g/mol. The van der Waals surface area contributed by atoms with Crippen LogP contribution in [0.5, 0.6) is 0 Å². The first-order valence-electron chi connectivity index (χ1n) is 7.48. The molecule has 1 aromatic heterocycles. The fourth-order valence-electron chi connectivity index (χ4n) is 1.99. The van der Waals surface area contributed by atoms with Crippen molar-refractivity contribution in [2.24, 2.45) is 0 Å². The van der Waals surface area contributed by atoms with Crippen molar-refractivity contribution < 1.29 is 17.0 Å². The van der Waals surface area contributed by atoms with Gasteiger partial charge >= 0.3 is 0 Å². The molecule has 0 N–H and O–H groups in total. The lowest BCUT2D eigenvalue weighted by Crippen LogP contribution is -3.00. The van der Waals surface area contributed by atoms with Gasteiger partial charge in [-0.05, 0) is 12.2 Å². The Morgan fingerprint density at radius 2 is 1.60 bits per heavy atom. The summed E-state index contributed by atoms with van der Waals surface area (Å²) in [5, 5.41) is 0. The van der Waals surface area contributed by atoms with Gasteiger partial charge in [0.1, 0.15) is 0 Å². The predicted octanol–water partition coefficient (Wildman–Crippen LogP) is 1.10. The van der Waals surface area contributed by atoms with Gasteiger partial charge in [0.25, 0.3) is 0 Å². The Morgan fingerprint density at radius 1 is 1.00 bits per heavy atom. The van der Waals surface area contributed by atoms with Crippen molar-refractivity contribution in [3.63, 3.8) is 0 Å². The largest absolute Gasteiger partial charge is 1.00 e.